The molecule has 0 saturated carbocycles. The van der Waals surface area contributed by atoms with Crippen molar-refractivity contribution in [1.82, 2.24) is 59.8 Å². The van der Waals surface area contributed by atoms with Gasteiger partial charge in [-0.3, -0.25) is 24.9 Å². The molecule has 6 amide bonds. The maximum absolute atomic E-state index is 12.5. The summed E-state index contributed by atoms with van der Waals surface area (Å²) in [6, 6.07) is 0. The molecule has 46 heteroatoms. The summed E-state index contributed by atoms with van der Waals surface area (Å²) in [6.07, 6.45) is 16.1. The number of nitrogen functional groups attached to an aromatic ring is 3. The summed E-state index contributed by atoms with van der Waals surface area (Å²) < 4.78 is 71.5. The minimum absolute atomic E-state index is 0. The number of aliphatic hydroxyl groups is 1. The number of hydrogen-bond acceptors (Lipinski definition) is 39. The van der Waals surface area contributed by atoms with E-state index in [1.165, 1.54) is 37.2 Å². The van der Waals surface area contributed by atoms with Crippen molar-refractivity contribution in [2.45, 2.75) is 257 Å². The fraction of sp³-hybridized carbons (Fsp3) is 0.561. The summed E-state index contributed by atoms with van der Waals surface area (Å²) in [5.41, 5.74) is 14.6. The molecule has 41 nitrogen and oxygen atoms in total. The van der Waals surface area contributed by atoms with Gasteiger partial charge in [0.25, 0.3) is 0 Å². The van der Waals surface area contributed by atoms with Crippen molar-refractivity contribution in [3.05, 3.63) is 132 Å². The molecule has 723 valence electrons. The van der Waals surface area contributed by atoms with Gasteiger partial charge in [0.05, 0.1) is 122 Å². The molecule has 0 aliphatic rings. The van der Waals surface area contributed by atoms with Gasteiger partial charge in [0.2, 0.25) is 0 Å². The molecule has 0 saturated heterocycles. The molecular formula is C82H130Ag2BBrN19O22S. The number of hydrogen-bond donors (Lipinski definition) is 5. The fourth-order valence-corrected chi connectivity index (χ4v) is 7.85. The van der Waals surface area contributed by atoms with E-state index in [0.29, 0.717) is 83.1 Å². The second kappa shape index (κ2) is 63.2. The van der Waals surface area contributed by atoms with Crippen LogP contribution in [0.5, 0.6) is 0 Å². The molecule has 6 rings (SSSR count). The predicted molar refractivity (Wildman–Crippen MR) is 481 cm³/mol. The Morgan fingerprint density at radius 1 is 0.406 bits per heavy atom. The van der Waals surface area contributed by atoms with Gasteiger partial charge in [0.15, 0.2) is 23.3 Å². The van der Waals surface area contributed by atoms with E-state index < -0.39 is 93.7 Å². The van der Waals surface area contributed by atoms with E-state index in [1.54, 1.807) is 252 Å². The third-order valence-corrected chi connectivity index (χ3v) is 12.8. The molecule has 7 N–H and O–H groups in total. The predicted octanol–water partition coefficient (Wildman–Crippen LogP) is 15.5. The molecule has 0 bridgehead atoms. The van der Waals surface area contributed by atoms with Crippen LogP contribution in [0.15, 0.2) is 102 Å². The summed E-state index contributed by atoms with van der Waals surface area (Å²) in [6.45, 7) is 49.6. The van der Waals surface area contributed by atoms with Crippen LogP contribution in [0.4, 0.5) is 73.3 Å². The standard InChI is InChI=1S/C17H27N3O5.C17H25N3O4.C16H25N3O5.C10H18O5.C7H10BrN3O.C7H11N3O.C7H9N3.CH4.2Ag.BHNS.O/c1-16(2,3)24-14(21)20(15(22)25-17(4,5)6)13-11-18-12(10-19-13)8-9-23-7;1-8-9-12-10-19-13(11-18-12)20(14(21)23-16(2,3)4)15(22)24-17(5,6)7;1-15(2,3)23-13(21)19(14(22)24-16(4,5)6)12-10-17-11(7-8-20)9-18-12;1-9(2,3)14-7(11)13-8(12)15-10(4,5)6;1-12-3-2-5-4-10-7(9)6(8)11-5;1-11-3-2-6-4-10-7(8)5-9-6;1-2-3-6-4-10-7(8)5-9-6;;;;1-2-3;/h10-11H,8-9H2,1-7H3;8,10-11H,1,9H2,2-7H3;9-10,20H,7-8H2,1-6H3;1-6H3;4H,2-3H2,1H3,(H2,9,10);4-5H,2-3H2,1H3,(H2,8,10);2,4-5H,1,3H2,(H2,8,10);1H4;;;3H;. The zero-order chi connectivity index (χ0) is 97.8. The molecule has 0 unspecified atom stereocenters. The summed E-state index contributed by atoms with van der Waals surface area (Å²) in [5.74, 6) is 1.37. The molecule has 0 atom stereocenters. The van der Waals surface area contributed by atoms with Crippen LogP contribution in [0.2, 0.25) is 0 Å². The van der Waals surface area contributed by atoms with Crippen molar-refractivity contribution < 1.29 is 147 Å². The molecule has 0 aromatic carbocycles. The van der Waals surface area contributed by atoms with Gasteiger partial charge >= 0.3 is 97.9 Å². The Balaban J connectivity index is -0.000000465. The number of allylic oxidation sites excluding steroid dienone is 2. The van der Waals surface area contributed by atoms with Gasteiger partial charge < -0.3 is 79.1 Å². The van der Waals surface area contributed by atoms with Gasteiger partial charge in [-0.15, -0.1) is 13.2 Å². The first-order valence-corrected chi connectivity index (χ1v) is 40.1. The van der Waals surface area contributed by atoms with Crippen LogP contribution in [-0.2, 0) is 142 Å². The number of anilines is 6. The Labute approximate surface area is 794 Å². The first-order chi connectivity index (χ1) is 58.1. The summed E-state index contributed by atoms with van der Waals surface area (Å²) in [5, 5.41) is 8.90. The van der Waals surface area contributed by atoms with Gasteiger partial charge in [-0.1, -0.05) is 19.6 Å². The van der Waals surface area contributed by atoms with Gasteiger partial charge in [0, 0.05) is 88.8 Å². The van der Waals surface area contributed by atoms with Gasteiger partial charge in [-0.25, -0.2) is 73.2 Å². The number of rotatable bonds is 18. The summed E-state index contributed by atoms with van der Waals surface area (Å²) >= 11 is 8.09. The first kappa shape index (κ1) is 127. The second-order valence-electron chi connectivity index (χ2n) is 33.2. The fourth-order valence-electron chi connectivity index (χ4n) is 7.52. The third-order valence-electron chi connectivity index (χ3n) is 12.2. The molecule has 6 aromatic heterocycles. The van der Waals surface area contributed by atoms with Crippen molar-refractivity contribution >= 4 is 120 Å². The van der Waals surface area contributed by atoms with E-state index in [2.05, 4.69) is 118 Å². The van der Waals surface area contributed by atoms with Gasteiger partial charge in [0.1, 0.15) is 61.0 Å². The van der Waals surface area contributed by atoms with Crippen LogP contribution in [0.1, 0.15) is 208 Å². The van der Waals surface area contributed by atoms with Crippen LogP contribution in [0.3, 0.4) is 0 Å². The second-order valence-corrected chi connectivity index (χ2v) is 34.2. The molecule has 0 spiro atoms. The van der Waals surface area contributed by atoms with Crippen molar-refractivity contribution in [2.75, 3.05) is 79.7 Å². The number of nitrogens with two attached hydrogens (primary N) is 3. The average Bonchev–Trinajstić information content (AvgIpc) is 0.828. The number of nitrogens with zero attached hydrogens (tertiary/aromatic N) is 16. The van der Waals surface area contributed by atoms with Crippen LogP contribution < -0.4 is 31.9 Å². The Kier molecular flexibility index (Phi) is 62.5. The number of carbonyl (C=O) groups is 8. The topological polar surface area (TPSA) is 539 Å². The Morgan fingerprint density at radius 3 is 0.844 bits per heavy atom. The van der Waals surface area contributed by atoms with E-state index >= 15 is 0 Å². The number of aromatic nitrogens is 12. The monoisotopic (exact) mass is 2070 g/mol. The Hall–Kier alpha value is -9.86. The Morgan fingerprint density at radius 2 is 0.633 bits per heavy atom. The molecule has 0 aliphatic heterocycles. The summed E-state index contributed by atoms with van der Waals surface area (Å²) in [4.78, 5) is 147. The number of methoxy groups -OCH3 is 3. The average molecular weight is 2070 g/mol. The van der Waals surface area contributed by atoms with Crippen LogP contribution in [-0.4, -0.2) is 214 Å². The number of imide groups is 3. The molecule has 2 radical (unpaired) electrons. The number of ether oxygens (including phenoxy) is 12. The zero-order valence-electron chi connectivity index (χ0n) is 77.4. The van der Waals surface area contributed by atoms with Gasteiger partial charge in [-0.05, 0) is 182 Å². The zero-order valence-corrected chi connectivity index (χ0v) is 82.8. The minimum atomic E-state index is -1.06. The SMILES string of the molecule is C.C=CCc1cnc(N(C(=O)OC(C)(C)C)C(=O)OC(C)(C)C)cn1.C=CCc1cnc(N)cn1.CC(C)(C)OC(=O)N(C(=O)OC(C)(C)C)c1cnc(CCO)cn1.CC(C)(C)OC(=O)OC(=O)OC(C)(C)C.COCCc1cnc(N(C(=O)OC(C)(C)C)C(=O)OC(C)(C)C)cn1.COCCc1cnc(N)c(Br)n1.COCCc1cnc(N)cn1.[Ag].[B]=NS.[O]=[Ag]. The van der Waals surface area contributed by atoms with E-state index in [4.69, 9.17) is 77.7 Å². The number of amides is 6. The first-order valence-electron chi connectivity index (χ1n) is 38.3. The quantitative estimate of drug-likeness (QED) is 0.0133. The van der Waals surface area contributed by atoms with Gasteiger partial charge in [-0.2, -0.15) is 14.7 Å². The van der Waals surface area contributed by atoms with Crippen molar-refractivity contribution in [1.29, 1.82) is 0 Å². The van der Waals surface area contributed by atoms with E-state index in [1.807, 2.05) is 0 Å². The molecular weight excluding hydrogens is 1940 g/mol. The van der Waals surface area contributed by atoms with Crippen molar-refractivity contribution in [3.8, 4) is 0 Å². The molecule has 0 aliphatic carbocycles. The van der Waals surface area contributed by atoms with E-state index in [-0.39, 0.29) is 53.9 Å². The van der Waals surface area contributed by atoms with Crippen LogP contribution >= 0.6 is 28.7 Å². The number of carbonyl (C=O) groups excluding carboxylic acids is 8. The van der Waals surface area contributed by atoms with E-state index in [9.17, 15) is 38.4 Å². The number of thiol groups is 1. The van der Waals surface area contributed by atoms with Crippen molar-refractivity contribution in [3.63, 3.8) is 0 Å². The normalized spacial score (nSPS) is 10.7. The van der Waals surface area contributed by atoms with E-state index in [0.717, 1.165) is 46.1 Å². The van der Waals surface area contributed by atoms with Crippen LogP contribution in [0.25, 0.3) is 0 Å². The number of aliphatic hydroxyl groups excluding tert-OH is 1. The maximum atomic E-state index is 12.5. The molecule has 6 aromatic rings. The Bertz CT molecular complexity index is 4160. The summed E-state index contributed by atoms with van der Waals surface area (Å²) in [7, 11) is 9.24. The van der Waals surface area contributed by atoms with Crippen molar-refractivity contribution in [2.24, 2.45) is 4.30 Å². The van der Waals surface area contributed by atoms with Crippen LogP contribution in [0, 0.1) is 0 Å². The molecule has 6 heterocycles. The molecule has 0 fully saturated rings. The number of halogens is 1. The third kappa shape index (κ3) is 64.8. The molecule has 128 heavy (non-hydrogen) atoms.